The molecule has 3 aliphatic rings. The first-order valence-electron chi connectivity index (χ1n) is 12.9. The third-order valence-electron chi connectivity index (χ3n) is 7.25. The molecule has 0 bridgehead atoms. The molecule has 5 heterocycles. The Kier molecular flexibility index (Phi) is 6.56. The third kappa shape index (κ3) is 4.67. The lowest BCUT2D eigenvalue weighted by molar-refractivity contribution is -0.122. The zero-order valence-corrected chi connectivity index (χ0v) is 21.3. The number of hydrogen-bond acceptors (Lipinski definition) is 4. The van der Waals surface area contributed by atoms with Gasteiger partial charge in [-0.25, -0.2) is 4.52 Å². The minimum Gasteiger partial charge on any atom is -0.303 e. The zero-order valence-electron chi connectivity index (χ0n) is 21.3. The fraction of sp³-hybridized carbons (Fsp3) is 0.414. The van der Waals surface area contributed by atoms with Crippen LogP contribution in [-0.4, -0.2) is 49.9 Å². The molecule has 1 saturated heterocycles. The first-order chi connectivity index (χ1) is 17.0. The van der Waals surface area contributed by atoms with E-state index in [2.05, 4.69) is 42.9 Å². The van der Waals surface area contributed by atoms with Gasteiger partial charge in [0.1, 0.15) is 0 Å². The predicted molar refractivity (Wildman–Crippen MR) is 140 cm³/mol. The maximum atomic E-state index is 13.5. The van der Waals surface area contributed by atoms with Crippen molar-refractivity contribution in [2.45, 2.75) is 53.4 Å². The molecule has 182 valence electrons. The van der Waals surface area contributed by atoms with E-state index in [-0.39, 0.29) is 5.91 Å². The summed E-state index contributed by atoms with van der Waals surface area (Å²) >= 11 is 0. The zero-order chi connectivity index (χ0) is 24.5. The highest BCUT2D eigenvalue weighted by atomic mass is 16.2. The number of hydrogen-bond donors (Lipinski definition) is 0. The number of aromatic nitrogens is 3. The van der Waals surface area contributed by atoms with Gasteiger partial charge in [0, 0.05) is 17.8 Å². The van der Waals surface area contributed by atoms with Crippen LogP contribution in [0.4, 0.5) is 0 Å². The van der Waals surface area contributed by atoms with Gasteiger partial charge < -0.3 is 4.90 Å². The van der Waals surface area contributed by atoms with Gasteiger partial charge in [-0.15, -0.1) is 0 Å². The number of aryl methyl sites for hydroxylation is 2. The number of allylic oxidation sites excluding steroid dienone is 7. The lowest BCUT2D eigenvalue weighted by atomic mass is 9.86. The average Bonchev–Trinajstić information content (AvgIpc) is 3.26. The van der Waals surface area contributed by atoms with Gasteiger partial charge in [0.15, 0.2) is 0 Å². The second-order valence-corrected chi connectivity index (χ2v) is 9.83. The fourth-order valence-electron chi connectivity index (χ4n) is 5.43. The predicted octanol–water partition coefficient (Wildman–Crippen LogP) is 5.23. The molecule has 0 N–H and O–H groups in total. The van der Waals surface area contributed by atoms with E-state index in [0.717, 1.165) is 71.8 Å². The summed E-state index contributed by atoms with van der Waals surface area (Å²) in [5.41, 5.74) is 7.87. The van der Waals surface area contributed by atoms with Crippen LogP contribution < -0.4 is 0 Å². The standard InChI is InChI=1S/C29H35N5O/c1-5-12-32-13-10-22(11-14-32)24-15-20(3)27-9-7-8-23(16-29(35)33(27)19-24)26-17-28-25(6-2)30-21(4)18-34(28)31-26/h7-9,15-19,22H,5-6,10-14H2,1-4H3/b8-7+,23-16+,27-9+. The summed E-state index contributed by atoms with van der Waals surface area (Å²) in [5, 5.41) is 4.78. The van der Waals surface area contributed by atoms with Crippen molar-refractivity contribution in [2.75, 3.05) is 19.6 Å². The maximum absolute atomic E-state index is 13.5. The Morgan fingerprint density at radius 3 is 2.66 bits per heavy atom. The van der Waals surface area contributed by atoms with Crippen LogP contribution >= 0.6 is 0 Å². The molecule has 3 aliphatic heterocycles. The molecular formula is C29H35N5O. The van der Waals surface area contributed by atoms with Crippen LogP contribution in [0.25, 0.3) is 11.1 Å². The molecule has 0 atom stereocenters. The van der Waals surface area contributed by atoms with E-state index in [1.165, 1.54) is 18.5 Å². The Balaban J connectivity index is 1.45. The highest BCUT2D eigenvalue weighted by Crippen LogP contribution is 2.34. The highest BCUT2D eigenvalue weighted by molar-refractivity contribution is 6.00. The summed E-state index contributed by atoms with van der Waals surface area (Å²) in [6, 6.07) is 2.04. The first kappa shape index (κ1) is 23.5. The molecule has 1 amide bonds. The summed E-state index contributed by atoms with van der Waals surface area (Å²) < 4.78 is 1.88. The number of carbonyl (C=O) groups is 1. The number of likely N-dealkylation sites (tertiary alicyclic amines) is 1. The van der Waals surface area contributed by atoms with Crippen molar-refractivity contribution in [3.63, 3.8) is 0 Å². The van der Waals surface area contributed by atoms with Gasteiger partial charge in [0.2, 0.25) is 0 Å². The SMILES string of the molecule is CCCN1CCC(C2=CN3C(=O)\C=C(c4cc5c(CC)nc(C)cn5n4)/C=C/C=C/3C(C)=C2)CC1. The van der Waals surface area contributed by atoms with E-state index in [9.17, 15) is 4.79 Å². The lowest BCUT2D eigenvalue weighted by Gasteiger charge is -2.35. The van der Waals surface area contributed by atoms with Crippen molar-refractivity contribution in [3.8, 4) is 0 Å². The fourth-order valence-corrected chi connectivity index (χ4v) is 5.43. The van der Waals surface area contributed by atoms with Gasteiger partial charge in [-0.3, -0.25) is 14.7 Å². The monoisotopic (exact) mass is 469 g/mol. The van der Waals surface area contributed by atoms with Gasteiger partial charge >= 0.3 is 0 Å². The average molecular weight is 470 g/mol. The molecule has 1 fully saturated rings. The minimum atomic E-state index is -0.0361. The van der Waals surface area contributed by atoms with E-state index in [1.54, 1.807) is 6.08 Å². The minimum absolute atomic E-state index is 0.0361. The molecule has 0 aliphatic carbocycles. The Labute approximate surface area is 208 Å². The quantitative estimate of drug-likeness (QED) is 0.602. The van der Waals surface area contributed by atoms with E-state index in [4.69, 9.17) is 5.10 Å². The largest absolute Gasteiger partial charge is 0.303 e. The Bertz CT molecular complexity index is 1300. The number of nitrogens with zero attached hydrogens (tertiary/aromatic N) is 5. The second kappa shape index (κ2) is 9.78. The van der Waals surface area contributed by atoms with Crippen molar-refractivity contribution >= 4 is 17.0 Å². The Hall–Kier alpha value is -3.25. The smallest absolute Gasteiger partial charge is 0.255 e. The van der Waals surface area contributed by atoms with Crippen molar-refractivity contribution in [1.82, 2.24) is 24.4 Å². The van der Waals surface area contributed by atoms with Gasteiger partial charge in [0.25, 0.3) is 5.91 Å². The molecular weight excluding hydrogens is 434 g/mol. The molecule has 2 aromatic heterocycles. The van der Waals surface area contributed by atoms with Gasteiger partial charge in [0.05, 0.1) is 34.5 Å². The Morgan fingerprint density at radius 2 is 1.91 bits per heavy atom. The number of rotatable bonds is 5. The van der Waals surface area contributed by atoms with E-state index < -0.39 is 0 Å². The molecule has 35 heavy (non-hydrogen) atoms. The van der Waals surface area contributed by atoms with Gasteiger partial charge in [-0.2, -0.15) is 5.10 Å². The van der Waals surface area contributed by atoms with Crippen LogP contribution in [0.1, 0.15) is 57.1 Å². The van der Waals surface area contributed by atoms with Crippen molar-refractivity contribution in [3.05, 3.63) is 82.8 Å². The number of piperidine rings is 1. The van der Waals surface area contributed by atoms with Crippen molar-refractivity contribution < 1.29 is 4.79 Å². The number of fused-ring (bicyclic) bond motifs is 2. The van der Waals surface area contributed by atoms with Crippen LogP contribution in [0.15, 0.2) is 65.7 Å². The molecule has 0 radical (unpaired) electrons. The molecule has 5 rings (SSSR count). The highest BCUT2D eigenvalue weighted by Gasteiger charge is 2.27. The third-order valence-corrected chi connectivity index (χ3v) is 7.25. The summed E-state index contributed by atoms with van der Waals surface area (Å²) in [7, 11) is 0. The Morgan fingerprint density at radius 1 is 1.11 bits per heavy atom. The number of amides is 1. The van der Waals surface area contributed by atoms with Crippen LogP contribution in [-0.2, 0) is 11.2 Å². The topological polar surface area (TPSA) is 53.7 Å². The van der Waals surface area contributed by atoms with E-state index >= 15 is 0 Å². The molecule has 6 nitrogen and oxygen atoms in total. The van der Waals surface area contributed by atoms with E-state index in [1.807, 2.05) is 46.8 Å². The van der Waals surface area contributed by atoms with Gasteiger partial charge in [-0.1, -0.05) is 32.1 Å². The molecule has 0 unspecified atom stereocenters. The second-order valence-electron chi connectivity index (χ2n) is 9.83. The molecule has 0 spiro atoms. The summed E-state index contributed by atoms with van der Waals surface area (Å²) in [6.07, 6.45) is 18.4. The van der Waals surface area contributed by atoms with Crippen molar-refractivity contribution in [2.24, 2.45) is 5.92 Å². The van der Waals surface area contributed by atoms with Gasteiger partial charge in [-0.05, 0) is 88.4 Å². The molecule has 0 aromatic carbocycles. The van der Waals surface area contributed by atoms with Crippen LogP contribution in [0.2, 0.25) is 0 Å². The molecule has 0 saturated carbocycles. The van der Waals surface area contributed by atoms with Crippen LogP contribution in [0.5, 0.6) is 0 Å². The van der Waals surface area contributed by atoms with Crippen LogP contribution in [0, 0.1) is 12.8 Å². The normalized spacial score (nSPS) is 23.5. The lowest BCUT2D eigenvalue weighted by Crippen LogP contribution is -2.35. The van der Waals surface area contributed by atoms with Crippen LogP contribution in [0.3, 0.4) is 0 Å². The summed E-state index contributed by atoms with van der Waals surface area (Å²) in [6.45, 7) is 11.9. The maximum Gasteiger partial charge on any atom is 0.255 e. The van der Waals surface area contributed by atoms with Crippen molar-refractivity contribution in [1.29, 1.82) is 0 Å². The molecule has 2 aromatic rings. The first-order valence-corrected chi connectivity index (χ1v) is 12.9. The molecule has 6 heteroatoms. The van der Waals surface area contributed by atoms with E-state index in [0.29, 0.717) is 5.92 Å². The summed E-state index contributed by atoms with van der Waals surface area (Å²) in [4.78, 5) is 22.6. The summed E-state index contributed by atoms with van der Waals surface area (Å²) in [5.74, 6) is 0.463. The number of carbonyl (C=O) groups excluding carboxylic acids is 1.